The van der Waals surface area contributed by atoms with Crippen molar-refractivity contribution in [3.8, 4) is 0 Å². The van der Waals surface area contributed by atoms with Gasteiger partial charge in [0.2, 0.25) is 0 Å². The topological polar surface area (TPSA) is 56.4 Å². The minimum Gasteiger partial charge on any atom is -0.386 e. The second-order valence-electron chi connectivity index (χ2n) is 2.34. The summed E-state index contributed by atoms with van der Waals surface area (Å²) in [6, 6.07) is -0.358. The van der Waals surface area contributed by atoms with E-state index in [1.807, 2.05) is 0 Å². The van der Waals surface area contributed by atoms with Crippen molar-refractivity contribution in [3.05, 3.63) is 11.9 Å². The first kappa shape index (κ1) is 7.34. The van der Waals surface area contributed by atoms with Crippen molar-refractivity contribution in [1.29, 1.82) is 5.53 Å². The van der Waals surface area contributed by atoms with Crippen LogP contribution in [-0.2, 0) is 0 Å². The molecule has 0 fully saturated rings. The van der Waals surface area contributed by atoms with Crippen LogP contribution < -0.4 is 0 Å². The number of aliphatic hydroxyl groups excluding tert-OH is 1. The standard InChI is InChI=1S/C6H9FN2O/c7-5-3-4(9-8)1-2-6(5)10/h3-4,6,8,10H,1-2H2. The molecule has 2 atom stereocenters. The summed E-state index contributed by atoms with van der Waals surface area (Å²) in [6.07, 6.45) is 1.17. The van der Waals surface area contributed by atoms with Gasteiger partial charge >= 0.3 is 0 Å². The monoisotopic (exact) mass is 144 g/mol. The maximum absolute atomic E-state index is 12.5. The summed E-state index contributed by atoms with van der Waals surface area (Å²) in [4.78, 5) is 0. The maximum atomic E-state index is 12.5. The van der Waals surface area contributed by atoms with E-state index in [0.29, 0.717) is 12.8 Å². The van der Waals surface area contributed by atoms with Gasteiger partial charge in [-0.05, 0) is 18.9 Å². The van der Waals surface area contributed by atoms with E-state index in [1.165, 1.54) is 6.08 Å². The minimum absolute atomic E-state index is 0.358. The maximum Gasteiger partial charge on any atom is 0.127 e. The van der Waals surface area contributed by atoms with Crippen LogP contribution in [0.2, 0.25) is 0 Å². The second kappa shape index (κ2) is 2.88. The van der Waals surface area contributed by atoms with Gasteiger partial charge < -0.3 is 5.11 Å². The molecule has 10 heavy (non-hydrogen) atoms. The van der Waals surface area contributed by atoms with E-state index in [0.717, 1.165) is 0 Å². The Morgan fingerprint density at radius 1 is 1.70 bits per heavy atom. The SMILES string of the molecule is N=NC1C=C(F)C(O)CC1. The molecule has 0 aromatic rings. The van der Waals surface area contributed by atoms with Gasteiger partial charge in [-0.1, -0.05) is 0 Å². The molecular formula is C6H9FN2O. The van der Waals surface area contributed by atoms with Gasteiger partial charge in [0.05, 0.1) is 6.04 Å². The fraction of sp³-hybridized carbons (Fsp3) is 0.667. The van der Waals surface area contributed by atoms with E-state index in [4.69, 9.17) is 10.6 Å². The Bertz CT molecular complexity index is 169. The van der Waals surface area contributed by atoms with Crippen LogP contribution in [0.5, 0.6) is 0 Å². The summed E-state index contributed by atoms with van der Waals surface area (Å²) in [6.45, 7) is 0. The molecule has 1 aliphatic rings. The molecule has 56 valence electrons. The van der Waals surface area contributed by atoms with E-state index in [-0.39, 0.29) is 6.04 Å². The van der Waals surface area contributed by atoms with Crippen molar-refractivity contribution in [3.63, 3.8) is 0 Å². The predicted octanol–water partition coefficient (Wildman–Crippen LogP) is 1.39. The van der Waals surface area contributed by atoms with Gasteiger partial charge in [0.25, 0.3) is 0 Å². The van der Waals surface area contributed by atoms with Crippen molar-refractivity contribution in [2.24, 2.45) is 5.11 Å². The molecular weight excluding hydrogens is 135 g/mol. The van der Waals surface area contributed by atoms with Crippen molar-refractivity contribution in [1.82, 2.24) is 0 Å². The summed E-state index contributed by atoms with van der Waals surface area (Å²) in [5.41, 5.74) is 6.59. The molecule has 1 aliphatic carbocycles. The molecule has 2 unspecified atom stereocenters. The molecule has 0 spiro atoms. The lowest BCUT2D eigenvalue weighted by molar-refractivity contribution is 0.159. The molecule has 0 bridgehead atoms. The third kappa shape index (κ3) is 1.39. The Labute approximate surface area is 58.1 Å². The zero-order valence-electron chi connectivity index (χ0n) is 5.42. The van der Waals surface area contributed by atoms with Crippen molar-refractivity contribution in [2.45, 2.75) is 25.0 Å². The molecule has 0 heterocycles. The lowest BCUT2D eigenvalue weighted by atomic mass is 10.0. The zero-order chi connectivity index (χ0) is 7.56. The molecule has 0 aromatic heterocycles. The number of halogens is 1. The lowest BCUT2D eigenvalue weighted by Gasteiger charge is -2.16. The van der Waals surface area contributed by atoms with Crippen LogP contribution in [0.15, 0.2) is 17.0 Å². The van der Waals surface area contributed by atoms with E-state index in [9.17, 15) is 4.39 Å². The van der Waals surface area contributed by atoms with Crippen LogP contribution in [0.4, 0.5) is 4.39 Å². The highest BCUT2D eigenvalue weighted by Crippen LogP contribution is 2.21. The zero-order valence-corrected chi connectivity index (χ0v) is 5.42. The third-order valence-corrected chi connectivity index (χ3v) is 1.57. The first-order valence-corrected chi connectivity index (χ1v) is 3.16. The number of nitrogens with zero attached hydrogens (tertiary/aromatic N) is 1. The molecule has 0 aromatic carbocycles. The Morgan fingerprint density at radius 3 is 2.90 bits per heavy atom. The molecule has 1 rings (SSSR count). The minimum atomic E-state index is -0.960. The number of nitrogens with one attached hydrogen (secondary N) is 1. The van der Waals surface area contributed by atoms with Gasteiger partial charge in [-0.25, -0.2) is 9.92 Å². The molecule has 0 saturated carbocycles. The average molecular weight is 144 g/mol. The van der Waals surface area contributed by atoms with Crippen molar-refractivity contribution < 1.29 is 9.50 Å². The van der Waals surface area contributed by atoms with Crippen molar-refractivity contribution >= 4 is 0 Å². The second-order valence-corrected chi connectivity index (χ2v) is 2.34. The largest absolute Gasteiger partial charge is 0.386 e. The van der Waals surface area contributed by atoms with Crippen LogP contribution in [-0.4, -0.2) is 17.3 Å². The number of aliphatic hydroxyl groups is 1. The molecule has 0 radical (unpaired) electrons. The van der Waals surface area contributed by atoms with E-state index in [2.05, 4.69) is 5.11 Å². The number of hydrogen-bond donors (Lipinski definition) is 2. The average Bonchev–Trinajstić information content (AvgIpc) is 1.95. The summed E-state index contributed by atoms with van der Waals surface area (Å²) < 4.78 is 12.5. The first-order chi connectivity index (χ1) is 4.74. The highest BCUT2D eigenvalue weighted by molar-refractivity contribution is 5.08. The normalized spacial score (nSPS) is 33.2. The molecule has 2 N–H and O–H groups in total. The van der Waals surface area contributed by atoms with Crippen LogP contribution in [0.1, 0.15) is 12.8 Å². The molecule has 0 saturated heterocycles. The van der Waals surface area contributed by atoms with Crippen LogP contribution in [0, 0.1) is 5.53 Å². The van der Waals surface area contributed by atoms with E-state index in [1.54, 1.807) is 0 Å². The highest BCUT2D eigenvalue weighted by atomic mass is 19.1. The van der Waals surface area contributed by atoms with Crippen molar-refractivity contribution in [2.75, 3.05) is 0 Å². The molecule has 0 aliphatic heterocycles. The lowest BCUT2D eigenvalue weighted by Crippen LogP contribution is -2.17. The van der Waals surface area contributed by atoms with Crippen LogP contribution >= 0.6 is 0 Å². The smallest absolute Gasteiger partial charge is 0.127 e. The van der Waals surface area contributed by atoms with E-state index < -0.39 is 11.9 Å². The van der Waals surface area contributed by atoms with E-state index >= 15 is 0 Å². The Balaban J connectivity index is 2.65. The Hall–Kier alpha value is -0.770. The molecule has 3 nitrogen and oxygen atoms in total. The highest BCUT2D eigenvalue weighted by Gasteiger charge is 2.20. The van der Waals surface area contributed by atoms with Gasteiger partial charge in [0.15, 0.2) is 0 Å². The Kier molecular flexibility index (Phi) is 2.11. The Morgan fingerprint density at radius 2 is 2.40 bits per heavy atom. The van der Waals surface area contributed by atoms with Crippen LogP contribution in [0.3, 0.4) is 0 Å². The number of hydrogen-bond acceptors (Lipinski definition) is 3. The summed E-state index contributed by atoms with van der Waals surface area (Å²) in [7, 11) is 0. The van der Waals surface area contributed by atoms with Gasteiger partial charge in [0, 0.05) is 0 Å². The first-order valence-electron chi connectivity index (χ1n) is 3.16. The quantitative estimate of drug-likeness (QED) is 0.537. The summed E-state index contributed by atoms with van der Waals surface area (Å²) >= 11 is 0. The van der Waals surface area contributed by atoms with Crippen LogP contribution in [0.25, 0.3) is 0 Å². The van der Waals surface area contributed by atoms with Gasteiger partial charge in [-0.3, -0.25) is 0 Å². The third-order valence-electron chi connectivity index (χ3n) is 1.57. The van der Waals surface area contributed by atoms with Gasteiger partial charge in [-0.2, -0.15) is 5.11 Å². The summed E-state index contributed by atoms with van der Waals surface area (Å²) in [5.74, 6) is -0.549. The van der Waals surface area contributed by atoms with Gasteiger partial charge in [0.1, 0.15) is 11.9 Å². The molecule has 4 heteroatoms. The predicted molar refractivity (Wildman–Crippen MR) is 33.4 cm³/mol. The summed E-state index contributed by atoms with van der Waals surface area (Å²) in [5, 5.41) is 12.0. The molecule has 0 amide bonds. The fourth-order valence-electron chi connectivity index (χ4n) is 0.947. The van der Waals surface area contributed by atoms with Gasteiger partial charge in [-0.15, -0.1) is 0 Å². The fourth-order valence-corrected chi connectivity index (χ4v) is 0.947. The number of rotatable bonds is 1.